The van der Waals surface area contributed by atoms with E-state index >= 15 is 0 Å². The highest BCUT2D eigenvalue weighted by molar-refractivity contribution is 5.66. The molecule has 1 nitrogen and oxygen atoms in total. The second kappa shape index (κ2) is 4.51. The first kappa shape index (κ1) is 9.59. The van der Waals surface area contributed by atoms with E-state index in [0.29, 0.717) is 6.61 Å². The zero-order valence-corrected chi connectivity index (χ0v) is 7.92. The van der Waals surface area contributed by atoms with Crippen molar-refractivity contribution >= 4 is 5.57 Å². The summed E-state index contributed by atoms with van der Waals surface area (Å²) >= 11 is 0. The number of rotatable bonds is 4. The standard InChI is InChI=1S/C12H14O/c1-4-9-13-12-8-6-5-7-11(12)10(2)3/h4-8H,1-2,9H2,3H3. The molecular weight excluding hydrogens is 160 g/mol. The van der Waals surface area contributed by atoms with Gasteiger partial charge < -0.3 is 4.74 Å². The van der Waals surface area contributed by atoms with Gasteiger partial charge in [0.15, 0.2) is 0 Å². The van der Waals surface area contributed by atoms with Gasteiger partial charge in [-0.3, -0.25) is 0 Å². The molecule has 1 rings (SSSR count). The maximum absolute atomic E-state index is 5.47. The molecule has 0 N–H and O–H groups in total. The van der Waals surface area contributed by atoms with Gasteiger partial charge in [-0.25, -0.2) is 0 Å². The molecule has 0 aliphatic rings. The Balaban J connectivity index is 2.90. The highest BCUT2D eigenvalue weighted by Crippen LogP contribution is 2.23. The quantitative estimate of drug-likeness (QED) is 0.636. The first-order valence-corrected chi connectivity index (χ1v) is 4.24. The van der Waals surface area contributed by atoms with E-state index in [1.165, 1.54) is 0 Å². The third kappa shape index (κ3) is 2.48. The third-order valence-corrected chi connectivity index (χ3v) is 1.70. The molecule has 0 heterocycles. The molecule has 1 heteroatoms. The van der Waals surface area contributed by atoms with Crippen LogP contribution in [0.1, 0.15) is 12.5 Å². The van der Waals surface area contributed by atoms with Crippen molar-refractivity contribution in [1.82, 2.24) is 0 Å². The van der Waals surface area contributed by atoms with E-state index in [-0.39, 0.29) is 0 Å². The molecule has 0 unspecified atom stereocenters. The zero-order chi connectivity index (χ0) is 9.68. The van der Waals surface area contributed by atoms with Gasteiger partial charge in [-0.1, -0.05) is 37.4 Å². The fourth-order valence-corrected chi connectivity index (χ4v) is 1.09. The minimum Gasteiger partial charge on any atom is -0.489 e. The van der Waals surface area contributed by atoms with Crippen LogP contribution in [0.4, 0.5) is 0 Å². The summed E-state index contributed by atoms with van der Waals surface area (Å²) in [5, 5.41) is 0. The maximum Gasteiger partial charge on any atom is 0.127 e. The van der Waals surface area contributed by atoms with Crippen LogP contribution in [0.5, 0.6) is 5.75 Å². The number of hydrogen-bond acceptors (Lipinski definition) is 1. The second-order valence-electron chi connectivity index (χ2n) is 2.88. The lowest BCUT2D eigenvalue weighted by molar-refractivity contribution is 0.362. The fraction of sp³-hybridized carbons (Fsp3) is 0.167. The molecule has 13 heavy (non-hydrogen) atoms. The van der Waals surface area contributed by atoms with E-state index in [9.17, 15) is 0 Å². The number of allylic oxidation sites excluding steroid dienone is 1. The van der Waals surface area contributed by atoms with E-state index in [1.807, 2.05) is 31.2 Å². The SMILES string of the molecule is C=CCOc1ccccc1C(=C)C. The molecule has 0 aliphatic carbocycles. The van der Waals surface area contributed by atoms with Gasteiger partial charge in [-0.15, -0.1) is 0 Å². The Morgan fingerprint density at radius 3 is 2.77 bits per heavy atom. The van der Waals surface area contributed by atoms with Gasteiger partial charge >= 0.3 is 0 Å². The van der Waals surface area contributed by atoms with Crippen LogP contribution >= 0.6 is 0 Å². The molecular formula is C12H14O. The van der Waals surface area contributed by atoms with Crippen molar-refractivity contribution < 1.29 is 4.74 Å². The van der Waals surface area contributed by atoms with E-state index in [4.69, 9.17) is 4.74 Å². The van der Waals surface area contributed by atoms with Crippen molar-refractivity contribution in [2.75, 3.05) is 6.61 Å². The minimum absolute atomic E-state index is 0.532. The Morgan fingerprint density at radius 2 is 2.15 bits per heavy atom. The third-order valence-electron chi connectivity index (χ3n) is 1.70. The lowest BCUT2D eigenvalue weighted by Crippen LogP contribution is -1.95. The van der Waals surface area contributed by atoms with Crippen LogP contribution in [0.3, 0.4) is 0 Å². The van der Waals surface area contributed by atoms with Gasteiger partial charge in [0.2, 0.25) is 0 Å². The zero-order valence-electron chi connectivity index (χ0n) is 7.92. The Morgan fingerprint density at radius 1 is 1.46 bits per heavy atom. The van der Waals surface area contributed by atoms with Crippen LogP contribution < -0.4 is 4.74 Å². The van der Waals surface area contributed by atoms with Crippen LogP contribution in [0.25, 0.3) is 5.57 Å². The van der Waals surface area contributed by atoms with Gasteiger partial charge in [0, 0.05) is 5.56 Å². The number of hydrogen-bond donors (Lipinski definition) is 0. The monoisotopic (exact) mass is 174 g/mol. The molecule has 0 spiro atoms. The summed E-state index contributed by atoms with van der Waals surface area (Å²) in [5.41, 5.74) is 2.07. The Hall–Kier alpha value is -1.50. The van der Waals surface area contributed by atoms with Gasteiger partial charge in [0.05, 0.1) is 0 Å². The van der Waals surface area contributed by atoms with Crippen LogP contribution in [-0.2, 0) is 0 Å². The molecule has 0 aromatic heterocycles. The number of ether oxygens (including phenoxy) is 1. The van der Waals surface area contributed by atoms with E-state index in [2.05, 4.69) is 13.2 Å². The summed E-state index contributed by atoms with van der Waals surface area (Å²) in [6.07, 6.45) is 1.73. The van der Waals surface area contributed by atoms with Gasteiger partial charge in [0.25, 0.3) is 0 Å². The Bertz CT molecular complexity index is 313. The molecule has 1 aromatic rings. The molecule has 0 saturated carbocycles. The van der Waals surface area contributed by atoms with Crippen molar-refractivity contribution in [3.05, 3.63) is 49.1 Å². The van der Waals surface area contributed by atoms with E-state index in [1.54, 1.807) is 6.08 Å². The van der Waals surface area contributed by atoms with Gasteiger partial charge in [-0.2, -0.15) is 0 Å². The van der Waals surface area contributed by atoms with Crippen molar-refractivity contribution in [3.63, 3.8) is 0 Å². The largest absolute Gasteiger partial charge is 0.489 e. The van der Waals surface area contributed by atoms with Crippen LogP contribution in [0.2, 0.25) is 0 Å². The van der Waals surface area contributed by atoms with Crippen LogP contribution in [0, 0.1) is 0 Å². The van der Waals surface area contributed by atoms with Gasteiger partial charge in [-0.05, 0) is 18.6 Å². The average molecular weight is 174 g/mol. The molecule has 0 fully saturated rings. The molecule has 0 radical (unpaired) electrons. The topological polar surface area (TPSA) is 9.23 Å². The first-order valence-electron chi connectivity index (χ1n) is 4.24. The van der Waals surface area contributed by atoms with Crippen molar-refractivity contribution in [1.29, 1.82) is 0 Å². The summed E-state index contributed by atoms with van der Waals surface area (Å²) in [4.78, 5) is 0. The maximum atomic E-state index is 5.47. The summed E-state index contributed by atoms with van der Waals surface area (Å²) in [5.74, 6) is 0.870. The van der Waals surface area contributed by atoms with Crippen molar-refractivity contribution in [2.45, 2.75) is 6.92 Å². The smallest absolute Gasteiger partial charge is 0.127 e. The lowest BCUT2D eigenvalue weighted by Gasteiger charge is -2.08. The van der Waals surface area contributed by atoms with Crippen LogP contribution in [0.15, 0.2) is 43.5 Å². The highest BCUT2D eigenvalue weighted by Gasteiger charge is 2.01. The molecule has 0 atom stereocenters. The number of para-hydroxylation sites is 1. The van der Waals surface area contributed by atoms with E-state index < -0.39 is 0 Å². The van der Waals surface area contributed by atoms with Crippen molar-refractivity contribution in [2.24, 2.45) is 0 Å². The summed E-state index contributed by atoms with van der Waals surface area (Å²) in [6, 6.07) is 7.86. The normalized spacial score (nSPS) is 9.31. The fourth-order valence-electron chi connectivity index (χ4n) is 1.09. The number of benzene rings is 1. The van der Waals surface area contributed by atoms with Crippen molar-refractivity contribution in [3.8, 4) is 5.75 Å². The second-order valence-corrected chi connectivity index (χ2v) is 2.88. The van der Waals surface area contributed by atoms with E-state index in [0.717, 1.165) is 16.9 Å². The molecule has 0 bridgehead atoms. The average Bonchev–Trinajstić information content (AvgIpc) is 2.15. The first-order chi connectivity index (χ1) is 6.25. The Kier molecular flexibility index (Phi) is 3.32. The molecule has 68 valence electrons. The van der Waals surface area contributed by atoms with Gasteiger partial charge in [0.1, 0.15) is 12.4 Å². The predicted molar refractivity (Wildman–Crippen MR) is 56.8 cm³/mol. The summed E-state index contributed by atoms with van der Waals surface area (Å²) < 4.78 is 5.47. The molecule has 1 aromatic carbocycles. The summed E-state index contributed by atoms with van der Waals surface area (Å²) in [6.45, 7) is 9.99. The van der Waals surface area contributed by atoms with Crippen LogP contribution in [-0.4, -0.2) is 6.61 Å². The summed E-state index contributed by atoms with van der Waals surface area (Å²) in [7, 11) is 0. The molecule has 0 aliphatic heterocycles. The minimum atomic E-state index is 0.532. The lowest BCUT2D eigenvalue weighted by atomic mass is 10.1. The predicted octanol–water partition coefficient (Wildman–Crippen LogP) is 3.28. The Labute approximate surface area is 79.4 Å². The molecule has 0 amide bonds. The molecule has 0 saturated heterocycles. The highest BCUT2D eigenvalue weighted by atomic mass is 16.5.